The van der Waals surface area contributed by atoms with Gasteiger partial charge < -0.3 is 14.6 Å². The number of hydrogen-bond donors (Lipinski definition) is 3. The smallest absolute Gasteiger partial charge is 0.243 e. The highest BCUT2D eigenvalue weighted by atomic mass is 16.7. The maximum Gasteiger partial charge on any atom is 0.243 e. The van der Waals surface area contributed by atoms with Gasteiger partial charge in [-0.2, -0.15) is 0 Å². The van der Waals surface area contributed by atoms with Crippen LogP contribution < -0.4 is 5.48 Å². The highest BCUT2D eigenvalue weighted by molar-refractivity contribution is 5.74. The van der Waals surface area contributed by atoms with Crippen LogP contribution in [-0.2, 0) is 20.9 Å². The second kappa shape index (κ2) is 11.5. The minimum atomic E-state index is -0.559. The van der Waals surface area contributed by atoms with Gasteiger partial charge in [0.15, 0.2) is 0 Å². The summed E-state index contributed by atoms with van der Waals surface area (Å²) in [4.78, 5) is 10.9. The number of ether oxygens (including phenoxy) is 2. The molecule has 0 saturated carbocycles. The largest absolute Gasteiger partial charge is 0.388 e. The lowest BCUT2D eigenvalue weighted by atomic mass is 9.98. The maximum atomic E-state index is 10.9. The summed E-state index contributed by atoms with van der Waals surface area (Å²) in [6.07, 6.45) is 1.62. The van der Waals surface area contributed by atoms with Crippen LogP contribution in [0.4, 0.5) is 0 Å². The molecule has 0 aromatic heterocycles. The van der Waals surface area contributed by atoms with Gasteiger partial charge in [-0.3, -0.25) is 10.0 Å². The van der Waals surface area contributed by atoms with Gasteiger partial charge in [-0.15, -0.1) is 0 Å². The Morgan fingerprint density at radius 1 is 1.04 bits per heavy atom. The van der Waals surface area contributed by atoms with Crippen molar-refractivity contribution < 1.29 is 24.6 Å². The Bertz CT molecular complexity index is 685. The van der Waals surface area contributed by atoms with Gasteiger partial charge >= 0.3 is 0 Å². The summed E-state index contributed by atoms with van der Waals surface area (Å²) >= 11 is 0. The van der Waals surface area contributed by atoms with Crippen molar-refractivity contribution >= 4 is 5.91 Å². The molecule has 0 spiro atoms. The Kier molecular flexibility index (Phi) is 8.94. The minimum Gasteiger partial charge on any atom is -0.388 e. The molecule has 6 heteroatoms. The zero-order chi connectivity index (χ0) is 19.5. The van der Waals surface area contributed by atoms with Crippen molar-refractivity contribution in [2.45, 2.75) is 38.4 Å². The maximum absolute atomic E-state index is 10.9. The highest BCUT2D eigenvalue weighted by Crippen LogP contribution is 2.25. The Hall–Kier alpha value is -2.25. The molecule has 0 aliphatic heterocycles. The van der Waals surface area contributed by atoms with Gasteiger partial charge in [0.05, 0.1) is 12.7 Å². The van der Waals surface area contributed by atoms with Crippen LogP contribution in [-0.4, -0.2) is 30.1 Å². The topological polar surface area (TPSA) is 88.0 Å². The number of aliphatic hydroxyl groups is 1. The van der Waals surface area contributed by atoms with E-state index in [9.17, 15) is 9.90 Å². The van der Waals surface area contributed by atoms with E-state index in [1.165, 1.54) is 0 Å². The molecule has 2 aromatic rings. The van der Waals surface area contributed by atoms with Crippen molar-refractivity contribution in [2.24, 2.45) is 0 Å². The van der Waals surface area contributed by atoms with Crippen molar-refractivity contribution in [3.05, 3.63) is 59.7 Å². The van der Waals surface area contributed by atoms with E-state index in [0.29, 0.717) is 25.9 Å². The van der Waals surface area contributed by atoms with Gasteiger partial charge in [-0.1, -0.05) is 55.0 Å². The number of carbonyl (C=O) groups is 1. The summed E-state index contributed by atoms with van der Waals surface area (Å²) in [7, 11) is 1.60. The van der Waals surface area contributed by atoms with E-state index >= 15 is 0 Å². The molecule has 3 N–H and O–H groups in total. The number of methoxy groups -OCH3 is 1. The molecule has 0 aliphatic rings. The third-order valence-corrected chi connectivity index (χ3v) is 4.31. The van der Waals surface area contributed by atoms with E-state index in [0.717, 1.165) is 22.3 Å². The average Bonchev–Trinajstić information content (AvgIpc) is 2.71. The first kappa shape index (κ1) is 21.1. The van der Waals surface area contributed by atoms with E-state index in [-0.39, 0.29) is 13.2 Å². The van der Waals surface area contributed by atoms with Gasteiger partial charge in [0.25, 0.3) is 0 Å². The molecule has 0 heterocycles. The standard InChI is InChI=1S/C21H27NO5/c1-26-15-27-14-16-6-8-17(9-7-16)18-10-12-19(13-11-18)20(23)4-2-3-5-21(24)22-25/h6-13,20,23,25H,2-5,14-15H2,1H3,(H,22,24)/t20-/m1/s1. The molecule has 6 nitrogen and oxygen atoms in total. The molecule has 0 aliphatic carbocycles. The Balaban J connectivity index is 1.85. The summed E-state index contributed by atoms with van der Waals surface area (Å²) in [5.41, 5.74) is 5.72. The predicted octanol–water partition coefficient (Wildman–Crippen LogP) is 3.57. The molecule has 0 saturated heterocycles. The van der Waals surface area contributed by atoms with E-state index < -0.39 is 12.0 Å². The summed E-state index contributed by atoms with van der Waals surface area (Å²) in [5, 5.41) is 18.7. The van der Waals surface area contributed by atoms with Crippen LogP contribution in [0.15, 0.2) is 48.5 Å². The number of hydroxylamine groups is 1. The van der Waals surface area contributed by atoms with Crippen LogP contribution in [0, 0.1) is 0 Å². The molecule has 0 fully saturated rings. The first-order chi connectivity index (χ1) is 13.1. The van der Waals surface area contributed by atoms with E-state index in [1.54, 1.807) is 12.6 Å². The molecule has 146 valence electrons. The number of nitrogens with one attached hydrogen (secondary N) is 1. The Morgan fingerprint density at radius 3 is 2.26 bits per heavy atom. The number of hydrogen-bond acceptors (Lipinski definition) is 5. The summed E-state index contributed by atoms with van der Waals surface area (Å²) in [6, 6.07) is 16.0. The van der Waals surface area contributed by atoms with Gasteiger partial charge in [0, 0.05) is 13.5 Å². The summed E-state index contributed by atoms with van der Waals surface area (Å²) in [6.45, 7) is 0.791. The second-order valence-electron chi connectivity index (χ2n) is 6.37. The van der Waals surface area contributed by atoms with E-state index in [4.69, 9.17) is 14.7 Å². The van der Waals surface area contributed by atoms with Crippen LogP contribution in [0.2, 0.25) is 0 Å². The zero-order valence-corrected chi connectivity index (χ0v) is 15.6. The SMILES string of the molecule is COCOCc1ccc(-c2ccc([C@H](O)CCCCC(=O)NO)cc2)cc1. The summed E-state index contributed by atoms with van der Waals surface area (Å²) < 4.78 is 10.2. The Labute approximate surface area is 159 Å². The first-order valence-corrected chi connectivity index (χ1v) is 9.01. The zero-order valence-electron chi connectivity index (χ0n) is 15.6. The molecule has 27 heavy (non-hydrogen) atoms. The van der Waals surface area contributed by atoms with Crippen molar-refractivity contribution in [3.8, 4) is 11.1 Å². The van der Waals surface area contributed by atoms with Gasteiger partial charge in [-0.05, 0) is 35.1 Å². The fourth-order valence-corrected chi connectivity index (χ4v) is 2.78. The molecular formula is C21H27NO5. The lowest BCUT2D eigenvalue weighted by Gasteiger charge is -2.12. The van der Waals surface area contributed by atoms with Gasteiger partial charge in [0.1, 0.15) is 6.79 Å². The number of carbonyl (C=O) groups excluding carboxylic acids is 1. The molecule has 0 bridgehead atoms. The minimum absolute atomic E-state index is 0.259. The van der Waals surface area contributed by atoms with E-state index in [2.05, 4.69) is 0 Å². The highest BCUT2D eigenvalue weighted by Gasteiger charge is 2.08. The van der Waals surface area contributed by atoms with Crippen LogP contribution in [0.3, 0.4) is 0 Å². The monoisotopic (exact) mass is 373 g/mol. The fourth-order valence-electron chi connectivity index (χ4n) is 2.78. The molecule has 2 aromatic carbocycles. The van der Waals surface area contributed by atoms with Crippen LogP contribution in [0.25, 0.3) is 11.1 Å². The van der Waals surface area contributed by atoms with Crippen molar-refractivity contribution in [3.63, 3.8) is 0 Å². The molecule has 1 amide bonds. The molecule has 2 rings (SSSR count). The number of unbranched alkanes of at least 4 members (excludes halogenated alkanes) is 1. The molecule has 0 unspecified atom stereocenters. The number of benzene rings is 2. The number of aliphatic hydroxyl groups excluding tert-OH is 1. The van der Waals surface area contributed by atoms with Gasteiger partial charge in [0.2, 0.25) is 5.91 Å². The normalized spacial score (nSPS) is 12.0. The number of amides is 1. The van der Waals surface area contributed by atoms with Crippen LogP contribution in [0.5, 0.6) is 0 Å². The molecular weight excluding hydrogens is 346 g/mol. The quantitative estimate of drug-likeness (QED) is 0.243. The third kappa shape index (κ3) is 7.11. The predicted molar refractivity (Wildman–Crippen MR) is 102 cm³/mol. The Morgan fingerprint density at radius 2 is 1.67 bits per heavy atom. The second-order valence-corrected chi connectivity index (χ2v) is 6.37. The van der Waals surface area contributed by atoms with Crippen molar-refractivity contribution in [1.82, 2.24) is 5.48 Å². The number of rotatable bonds is 11. The van der Waals surface area contributed by atoms with Gasteiger partial charge in [-0.25, -0.2) is 5.48 Å². The first-order valence-electron chi connectivity index (χ1n) is 9.01. The van der Waals surface area contributed by atoms with Crippen molar-refractivity contribution in [1.29, 1.82) is 0 Å². The van der Waals surface area contributed by atoms with Crippen LogP contribution in [0.1, 0.15) is 42.9 Å². The summed E-state index contributed by atoms with van der Waals surface area (Å²) in [5.74, 6) is -0.398. The fraction of sp³-hybridized carbons (Fsp3) is 0.381. The molecule has 0 radical (unpaired) electrons. The lowest BCUT2D eigenvalue weighted by molar-refractivity contribution is -0.129. The average molecular weight is 373 g/mol. The third-order valence-electron chi connectivity index (χ3n) is 4.31. The molecule has 1 atom stereocenters. The van der Waals surface area contributed by atoms with E-state index in [1.807, 2.05) is 48.5 Å². The van der Waals surface area contributed by atoms with Crippen LogP contribution >= 0.6 is 0 Å². The van der Waals surface area contributed by atoms with Crippen molar-refractivity contribution in [2.75, 3.05) is 13.9 Å². The lowest BCUT2D eigenvalue weighted by Crippen LogP contribution is -2.17.